The highest BCUT2D eigenvalue weighted by molar-refractivity contribution is 5.77. The van der Waals surface area contributed by atoms with E-state index < -0.39 is 11.6 Å². The van der Waals surface area contributed by atoms with Crippen LogP contribution >= 0.6 is 0 Å². The zero-order valence-corrected chi connectivity index (χ0v) is 27.2. The maximum atomic E-state index is 15.3. The minimum absolute atomic E-state index is 0.0152. The summed E-state index contributed by atoms with van der Waals surface area (Å²) in [6.45, 7) is 8.47. The molecule has 0 atom stereocenters. The minimum Gasteiger partial charge on any atom is -0.485 e. The molecule has 0 bridgehead atoms. The molecule has 3 aromatic rings. The van der Waals surface area contributed by atoms with Crippen molar-refractivity contribution < 1.29 is 32.6 Å². The monoisotopic (exact) mass is 647 g/mol. The van der Waals surface area contributed by atoms with E-state index in [1.807, 2.05) is 24.0 Å². The van der Waals surface area contributed by atoms with Gasteiger partial charge in [-0.05, 0) is 85.9 Å². The molecule has 2 aromatic carbocycles. The van der Waals surface area contributed by atoms with Gasteiger partial charge in [0.1, 0.15) is 18.2 Å². The highest BCUT2D eigenvalue weighted by atomic mass is 19.1. The van der Waals surface area contributed by atoms with Crippen LogP contribution in [0.4, 0.5) is 14.6 Å². The molecule has 0 unspecified atom stereocenters. The third kappa shape index (κ3) is 7.75. The Morgan fingerprint density at radius 2 is 1.74 bits per heavy atom. The first-order valence-corrected chi connectivity index (χ1v) is 16.7. The molecule has 0 spiro atoms. The fourth-order valence-electron chi connectivity index (χ4n) is 6.81. The summed E-state index contributed by atoms with van der Waals surface area (Å²) in [7, 11) is 0. The SMILES string of the molecule is CCOC(=O)C1CCN(c2cc(-c3cc(F)cc(F)c3OCc3ccc(C4CCN(C(=O)CC5COC5)CC4)cc3C)ccn2)CC1. The number of halogens is 2. The molecular weight excluding hydrogens is 604 g/mol. The molecule has 10 heteroatoms. The Bertz CT molecular complexity index is 1580. The van der Waals surface area contributed by atoms with Crippen LogP contribution in [0.15, 0.2) is 48.7 Å². The Labute approximate surface area is 275 Å². The number of esters is 1. The second kappa shape index (κ2) is 14.8. The first-order chi connectivity index (χ1) is 22.8. The number of nitrogens with zero attached hydrogens (tertiary/aromatic N) is 3. The molecule has 3 fully saturated rings. The lowest BCUT2D eigenvalue weighted by Gasteiger charge is -2.34. The molecule has 6 rings (SSSR count). The number of aromatic nitrogens is 1. The van der Waals surface area contributed by atoms with Gasteiger partial charge in [-0.3, -0.25) is 9.59 Å². The third-order valence-electron chi connectivity index (χ3n) is 9.73. The number of pyridine rings is 1. The predicted octanol–water partition coefficient (Wildman–Crippen LogP) is 6.44. The van der Waals surface area contributed by atoms with E-state index in [4.69, 9.17) is 14.2 Å². The largest absolute Gasteiger partial charge is 0.485 e. The summed E-state index contributed by atoms with van der Waals surface area (Å²) >= 11 is 0. The van der Waals surface area contributed by atoms with Gasteiger partial charge < -0.3 is 24.0 Å². The average molecular weight is 648 g/mol. The number of piperidine rings is 2. The molecule has 0 aliphatic carbocycles. The van der Waals surface area contributed by atoms with Crippen molar-refractivity contribution in [3.05, 3.63) is 77.0 Å². The molecule has 0 saturated carbocycles. The zero-order valence-electron chi connectivity index (χ0n) is 27.2. The lowest BCUT2D eigenvalue weighted by molar-refractivity contribution is -0.148. The van der Waals surface area contributed by atoms with E-state index in [2.05, 4.69) is 22.0 Å². The molecule has 250 valence electrons. The fourth-order valence-corrected chi connectivity index (χ4v) is 6.81. The summed E-state index contributed by atoms with van der Waals surface area (Å²) in [4.78, 5) is 33.4. The van der Waals surface area contributed by atoms with Crippen molar-refractivity contribution in [2.75, 3.05) is 50.9 Å². The summed E-state index contributed by atoms with van der Waals surface area (Å²) < 4.78 is 46.3. The Hall–Kier alpha value is -4.05. The smallest absolute Gasteiger partial charge is 0.309 e. The second-order valence-electron chi connectivity index (χ2n) is 12.9. The maximum absolute atomic E-state index is 15.3. The number of hydrogen-bond donors (Lipinski definition) is 0. The molecule has 1 aromatic heterocycles. The molecule has 1 amide bonds. The first-order valence-electron chi connectivity index (χ1n) is 16.7. The summed E-state index contributed by atoms with van der Waals surface area (Å²) in [5, 5.41) is 0. The van der Waals surface area contributed by atoms with Crippen molar-refractivity contribution in [2.24, 2.45) is 11.8 Å². The average Bonchev–Trinajstić information content (AvgIpc) is 3.06. The molecule has 4 heterocycles. The van der Waals surface area contributed by atoms with Gasteiger partial charge in [0.15, 0.2) is 11.6 Å². The number of anilines is 1. The van der Waals surface area contributed by atoms with Gasteiger partial charge in [0, 0.05) is 56.3 Å². The molecule has 3 saturated heterocycles. The van der Waals surface area contributed by atoms with Gasteiger partial charge in [0.2, 0.25) is 5.91 Å². The van der Waals surface area contributed by atoms with Crippen LogP contribution in [0, 0.1) is 30.4 Å². The van der Waals surface area contributed by atoms with Crippen molar-refractivity contribution in [1.29, 1.82) is 0 Å². The quantitative estimate of drug-likeness (QED) is 0.235. The lowest BCUT2D eigenvalue weighted by atomic mass is 9.87. The summed E-state index contributed by atoms with van der Waals surface area (Å²) in [5.74, 6) is -0.131. The molecule has 3 aliphatic heterocycles. The van der Waals surface area contributed by atoms with Crippen LogP contribution in [0.25, 0.3) is 11.1 Å². The van der Waals surface area contributed by atoms with Gasteiger partial charge in [-0.1, -0.05) is 18.2 Å². The van der Waals surface area contributed by atoms with Crippen molar-refractivity contribution >= 4 is 17.7 Å². The number of carbonyl (C=O) groups is 2. The standard InChI is InChI=1S/C37H43F2N3O5/c1-3-46-37(44)27-9-12-41(13-10-27)34-18-29(6-11-40-34)32-19-31(38)20-33(39)36(32)47-23-30-5-4-28(16-24(30)2)26-7-14-42(15-8-26)35(43)17-25-21-45-22-25/h4-6,11,16,18-20,25-27H,3,7-10,12-15,17,21-23H2,1-2H3. The van der Waals surface area contributed by atoms with Crippen LogP contribution in [0.1, 0.15) is 61.6 Å². The van der Waals surface area contributed by atoms with Gasteiger partial charge in [0.05, 0.1) is 25.7 Å². The number of hydrogen-bond acceptors (Lipinski definition) is 7. The van der Waals surface area contributed by atoms with Crippen LogP contribution in [-0.4, -0.2) is 67.8 Å². The van der Waals surface area contributed by atoms with Crippen molar-refractivity contribution in [1.82, 2.24) is 9.88 Å². The maximum Gasteiger partial charge on any atom is 0.309 e. The Balaban J connectivity index is 1.10. The van der Waals surface area contributed by atoms with E-state index >= 15 is 4.39 Å². The lowest BCUT2D eigenvalue weighted by Crippen LogP contribution is -2.41. The van der Waals surface area contributed by atoms with E-state index in [1.54, 1.807) is 19.2 Å². The molecule has 47 heavy (non-hydrogen) atoms. The van der Waals surface area contributed by atoms with Crippen molar-refractivity contribution in [3.63, 3.8) is 0 Å². The number of benzene rings is 2. The molecule has 0 N–H and O–H groups in total. The second-order valence-corrected chi connectivity index (χ2v) is 12.9. The fraction of sp³-hybridized carbons (Fsp3) is 0.486. The van der Waals surface area contributed by atoms with Crippen LogP contribution in [-0.2, 0) is 25.7 Å². The predicted molar refractivity (Wildman–Crippen MR) is 174 cm³/mol. The van der Waals surface area contributed by atoms with Crippen molar-refractivity contribution in [3.8, 4) is 16.9 Å². The van der Waals surface area contributed by atoms with Gasteiger partial charge in [-0.2, -0.15) is 0 Å². The van der Waals surface area contributed by atoms with Crippen LogP contribution in [0.3, 0.4) is 0 Å². The van der Waals surface area contributed by atoms with E-state index in [9.17, 15) is 14.0 Å². The molecule has 3 aliphatic rings. The number of carbonyl (C=O) groups excluding carboxylic acids is 2. The topological polar surface area (TPSA) is 81.2 Å². The minimum atomic E-state index is -0.769. The Kier molecular flexibility index (Phi) is 10.3. The van der Waals surface area contributed by atoms with Gasteiger partial charge >= 0.3 is 5.97 Å². The van der Waals surface area contributed by atoms with Crippen LogP contribution < -0.4 is 9.64 Å². The number of aryl methyl sites for hydroxylation is 1. The summed E-state index contributed by atoms with van der Waals surface area (Å²) in [6.07, 6.45) is 5.35. The van der Waals surface area contributed by atoms with E-state index in [1.165, 1.54) is 11.6 Å². The van der Waals surface area contributed by atoms with Crippen LogP contribution in [0.2, 0.25) is 0 Å². The Morgan fingerprint density at radius 3 is 2.43 bits per heavy atom. The van der Waals surface area contributed by atoms with Gasteiger partial charge in [0.25, 0.3) is 0 Å². The summed E-state index contributed by atoms with van der Waals surface area (Å²) in [5.41, 5.74) is 4.09. The van der Waals surface area contributed by atoms with Gasteiger partial charge in [-0.15, -0.1) is 0 Å². The summed E-state index contributed by atoms with van der Waals surface area (Å²) in [6, 6.07) is 11.9. The van der Waals surface area contributed by atoms with Crippen molar-refractivity contribution in [2.45, 2.75) is 58.5 Å². The zero-order chi connectivity index (χ0) is 32.9. The van der Waals surface area contributed by atoms with E-state index in [0.717, 1.165) is 43.1 Å². The number of rotatable bonds is 10. The number of ether oxygens (including phenoxy) is 3. The van der Waals surface area contributed by atoms with Gasteiger partial charge in [-0.25, -0.2) is 13.8 Å². The highest BCUT2D eigenvalue weighted by Crippen LogP contribution is 2.37. The van der Waals surface area contributed by atoms with E-state index in [-0.39, 0.29) is 30.2 Å². The third-order valence-corrected chi connectivity index (χ3v) is 9.73. The molecule has 8 nitrogen and oxygen atoms in total. The number of likely N-dealkylation sites (tertiary alicyclic amines) is 1. The molecule has 0 radical (unpaired) electrons. The normalized spacial score (nSPS) is 17.8. The first kappa shape index (κ1) is 32.9. The highest BCUT2D eigenvalue weighted by Gasteiger charge is 2.29. The molecular formula is C37H43F2N3O5. The number of amides is 1. The van der Waals surface area contributed by atoms with Crippen LogP contribution in [0.5, 0.6) is 5.75 Å². The van der Waals surface area contributed by atoms with E-state index in [0.29, 0.717) is 81.0 Å². The Morgan fingerprint density at radius 1 is 0.979 bits per heavy atom.